The Hall–Kier alpha value is -5.50. The normalized spacial score (nSPS) is 10.6. The van der Waals surface area contributed by atoms with Crippen LogP contribution in [0.25, 0.3) is 12.2 Å². The van der Waals surface area contributed by atoms with Gasteiger partial charge in [-0.1, -0.05) is 29.8 Å². The number of hydrogen-bond donors (Lipinski definition) is 2. The van der Waals surface area contributed by atoms with E-state index < -0.39 is 0 Å². The summed E-state index contributed by atoms with van der Waals surface area (Å²) in [5.41, 5.74) is 2.89. The van der Waals surface area contributed by atoms with Crippen molar-refractivity contribution < 1.29 is 38.7 Å². The van der Waals surface area contributed by atoms with E-state index in [0.29, 0.717) is 23.0 Å². The van der Waals surface area contributed by atoms with Crippen LogP contribution in [0.1, 0.15) is 37.4 Å². The third kappa shape index (κ3) is 8.74. The summed E-state index contributed by atoms with van der Waals surface area (Å²) in [5, 5.41) is 19.5. The van der Waals surface area contributed by atoms with E-state index in [4.69, 9.17) is 18.9 Å². The van der Waals surface area contributed by atoms with Crippen molar-refractivity contribution in [2.75, 3.05) is 28.4 Å². The number of methoxy groups -OCH3 is 4. The summed E-state index contributed by atoms with van der Waals surface area (Å²) < 4.78 is 20.7. The van der Waals surface area contributed by atoms with E-state index in [1.54, 1.807) is 69.9 Å². The van der Waals surface area contributed by atoms with Gasteiger partial charge in [0.15, 0.2) is 11.6 Å². The van der Waals surface area contributed by atoms with Gasteiger partial charge in [-0.05, 0) is 85.8 Å². The zero-order valence-electron chi connectivity index (χ0n) is 24.7. The first-order chi connectivity index (χ1) is 20.7. The molecule has 0 saturated carbocycles. The number of ketones is 2. The standard InChI is InChI=1S/C18H18O4.C17H16O4/c1-12-4-7-16(19)15(10-12)17(20)8-5-13-11-14(21-2)6-9-18(13)22-3;1-20-13-8-10-16(19)14(11-13)15(18)9-7-12-5-3-4-6-17(12)21-2/h4-11,19H,1-3H3;3-11,19H,1-2H3. The molecule has 0 bridgehead atoms. The first-order valence-electron chi connectivity index (χ1n) is 13.2. The van der Waals surface area contributed by atoms with Crippen molar-refractivity contribution in [3.05, 3.63) is 119 Å². The number of carbonyl (C=O) groups is 2. The lowest BCUT2D eigenvalue weighted by Crippen LogP contribution is -1.96. The highest BCUT2D eigenvalue weighted by atomic mass is 16.5. The van der Waals surface area contributed by atoms with Crippen LogP contribution in [0.5, 0.6) is 34.5 Å². The molecule has 0 heterocycles. The van der Waals surface area contributed by atoms with E-state index >= 15 is 0 Å². The lowest BCUT2D eigenvalue weighted by atomic mass is 10.0. The van der Waals surface area contributed by atoms with Crippen LogP contribution >= 0.6 is 0 Å². The summed E-state index contributed by atoms with van der Waals surface area (Å²) in [6.45, 7) is 1.87. The molecule has 0 aliphatic rings. The molecule has 0 radical (unpaired) electrons. The first-order valence-corrected chi connectivity index (χ1v) is 13.2. The Morgan fingerprint density at radius 3 is 1.72 bits per heavy atom. The SMILES string of the molecule is COc1ccc(O)c(C(=O)C=Cc2ccccc2OC)c1.COc1ccc(OC)c(C=CC(=O)c2cc(C)ccc2O)c1. The summed E-state index contributed by atoms with van der Waals surface area (Å²) in [4.78, 5) is 24.4. The molecular formula is C35H34O8. The smallest absolute Gasteiger partial charge is 0.189 e. The predicted octanol–water partition coefficient (Wildman–Crippen LogP) is 6.92. The number of benzene rings is 4. The maximum Gasteiger partial charge on any atom is 0.189 e. The topological polar surface area (TPSA) is 112 Å². The maximum absolute atomic E-state index is 12.2. The predicted molar refractivity (Wildman–Crippen MR) is 167 cm³/mol. The second-order valence-electron chi connectivity index (χ2n) is 9.15. The van der Waals surface area contributed by atoms with E-state index in [2.05, 4.69) is 0 Å². The van der Waals surface area contributed by atoms with Crippen molar-refractivity contribution >= 4 is 23.7 Å². The summed E-state index contributed by atoms with van der Waals surface area (Å²) >= 11 is 0. The number of phenolic OH excluding ortho intramolecular Hbond substituents is 2. The van der Waals surface area contributed by atoms with E-state index in [1.165, 1.54) is 37.5 Å². The lowest BCUT2D eigenvalue weighted by molar-refractivity contribution is 0.103. The Labute approximate surface area is 251 Å². The molecule has 0 spiro atoms. The first kappa shape index (κ1) is 32.0. The van der Waals surface area contributed by atoms with Crippen LogP contribution in [-0.4, -0.2) is 50.2 Å². The summed E-state index contributed by atoms with van der Waals surface area (Å²) in [7, 11) is 6.21. The van der Waals surface area contributed by atoms with Crippen LogP contribution in [0.3, 0.4) is 0 Å². The van der Waals surface area contributed by atoms with Crippen LogP contribution in [0.15, 0.2) is 91.0 Å². The van der Waals surface area contributed by atoms with Gasteiger partial charge in [0.1, 0.15) is 34.5 Å². The fourth-order valence-corrected chi connectivity index (χ4v) is 3.97. The molecule has 0 unspecified atom stereocenters. The van der Waals surface area contributed by atoms with Crippen molar-refractivity contribution in [3.63, 3.8) is 0 Å². The van der Waals surface area contributed by atoms with Gasteiger partial charge in [-0.3, -0.25) is 9.59 Å². The average molecular weight is 583 g/mol. The van der Waals surface area contributed by atoms with Gasteiger partial charge in [-0.15, -0.1) is 0 Å². The van der Waals surface area contributed by atoms with Gasteiger partial charge in [0.05, 0.1) is 39.6 Å². The van der Waals surface area contributed by atoms with Gasteiger partial charge >= 0.3 is 0 Å². The highest BCUT2D eigenvalue weighted by Gasteiger charge is 2.11. The Morgan fingerprint density at radius 1 is 0.581 bits per heavy atom. The minimum absolute atomic E-state index is 0.0298. The minimum Gasteiger partial charge on any atom is -0.507 e. The molecular weight excluding hydrogens is 548 g/mol. The van der Waals surface area contributed by atoms with E-state index in [-0.39, 0.29) is 34.2 Å². The number of para-hydroxylation sites is 1. The summed E-state index contributed by atoms with van der Waals surface area (Å²) in [6.07, 6.45) is 6.10. The number of ether oxygens (including phenoxy) is 4. The molecule has 0 aliphatic heterocycles. The fraction of sp³-hybridized carbons (Fsp3) is 0.143. The van der Waals surface area contributed by atoms with Gasteiger partial charge < -0.3 is 29.2 Å². The van der Waals surface area contributed by atoms with Crippen LogP contribution in [-0.2, 0) is 0 Å². The van der Waals surface area contributed by atoms with Crippen molar-refractivity contribution in [3.8, 4) is 34.5 Å². The molecule has 4 rings (SSSR count). The molecule has 0 aromatic heterocycles. The summed E-state index contributed by atoms with van der Waals surface area (Å²) in [6, 6.07) is 22.1. The Morgan fingerprint density at radius 2 is 1.09 bits per heavy atom. The summed E-state index contributed by atoms with van der Waals surface area (Å²) in [5.74, 6) is 1.81. The number of allylic oxidation sites excluding steroid dienone is 2. The molecule has 8 heteroatoms. The van der Waals surface area contributed by atoms with Gasteiger partial charge in [0, 0.05) is 11.1 Å². The third-order valence-electron chi connectivity index (χ3n) is 6.29. The zero-order valence-corrected chi connectivity index (χ0v) is 24.7. The molecule has 0 amide bonds. The molecule has 0 atom stereocenters. The van der Waals surface area contributed by atoms with Crippen molar-refractivity contribution in [2.45, 2.75) is 6.92 Å². The van der Waals surface area contributed by atoms with E-state index in [1.807, 2.05) is 31.2 Å². The molecule has 43 heavy (non-hydrogen) atoms. The van der Waals surface area contributed by atoms with Crippen LogP contribution < -0.4 is 18.9 Å². The lowest BCUT2D eigenvalue weighted by Gasteiger charge is -2.07. The quantitative estimate of drug-likeness (QED) is 0.153. The Bertz CT molecular complexity index is 1640. The molecule has 8 nitrogen and oxygen atoms in total. The Balaban J connectivity index is 0.000000236. The number of hydrogen-bond acceptors (Lipinski definition) is 8. The molecule has 2 N–H and O–H groups in total. The maximum atomic E-state index is 12.2. The molecule has 0 aliphatic carbocycles. The molecule has 4 aromatic rings. The Kier molecular flexibility index (Phi) is 11.5. The highest BCUT2D eigenvalue weighted by Crippen LogP contribution is 2.27. The monoisotopic (exact) mass is 582 g/mol. The van der Waals surface area contributed by atoms with E-state index in [0.717, 1.165) is 16.7 Å². The van der Waals surface area contributed by atoms with Crippen LogP contribution in [0.4, 0.5) is 0 Å². The zero-order chi connectivity index (χ0) is 31.4. The van der Waals surface area contributed by atoms with Gasteiger partial charge in [-0.2, -0.15) is 0 Å². The number of rotatable bonds is 10. The minimum atomic E-state index is -0.308. The van der Waals surface area contributed by atoms with Crippen molar-refractivity contribution in [1.82, 2.24) is 0 Å². The largest absolute Gasteiger partial charge is 0.507 e. The number of aryl methyl sites for hydroxylation is 1. The van der Waals surface area contributed by atoms with Crippen molar-refractivity contribution in [2.24, 2.45) is 0 Å². The van der Waals surface area contributed by atoms with Gasteiger partial charge in [-0.25, -0.2) is 0 Å². The molecule has 4 aromatic carbocycles. The fourth-order valence-electron chi connectivity index (χ4n) is 3.97. The van der Waals surface area contributed by atoms with Crippen LogP contribution in [0.2, 0.25) is 0 Å². The number of phenols is 2. The van der Waals surface area contributed by atoms with E-state index in [9.17, 15) is 19.8 Å². The van der Waals surface area contributed by atoms with Crippen molar-refractivity contribution in [1.29, 1.82) is 0 Å². The highest BCUT2D eigenvalue weighted by molar-refractivity contribution is 6.09. The molecule has 0 saturated heterocycles. The molecule has 0 fully saturated rings. The second kappa shape index (κ2) is 15.5. The number of aromatic hydroxyl groups is 2. The molecule has 222 valence electrons. The average Bonchev–Trinajstić information content (AvgIpc) is 3.04. The third-order valence-corrected chi connectivity index (χ3v) is 6.29. The van der Waals surface area contributed by atoms with Gasteiger partial charge in [0.25, 0.3) is 0 Å². The number of carbonyl (C=O) groups excluding carboxylic acids is 2. The van der Waals surface area contributed by atoms with Crippen LogP contribution in [0, 0.1) is 6.92 Å². The van der Waals surface area contributed by atoms with Gasteiger partial charge in [0.2, 0.25) is 0 Å². The second-order valence-corrected chi connectivity index (χ2v) is 9.15.